The number of aryl methyl sites for hydroxylation is 1. The summed E-state index contributed by atoms with van der Waals surface area (Å²) in [5, 5.41) is 1.08. The maximum absolute atomic E-state index is 14.8. The molecule has 0 spiro atoms. The summed E-state index contributed by atoms with van der Waals surface area (Å²) in [7, 11) is 2.00. The molecule has 4 rings (SSSR count). The van der Waals surface area contributed by atoms with Crippen LogP contribution < -0.4 is 0 Å². The van der Waals surface area contributed by atoms with Gasteiger partial charge in [-0.05, 0) is 29.8 Å². The van der Waals surface area contributed by atoms with Crippen molar-refractivity contribution in [2.24, 2.45) is 7.05 Å². The van der Waals surface area contributed by atoms with Gasteiger partial charge in [-0.3, -0.25) is 4.79 Å². The molecule has 152 valence electrons. The third-order valence-corrected chi connectivity index (χ3v) is 6.13. The predicted octanol–water partition coefficient (Wildman–Crippen LogP) is 4.00. The first-order valence-corrected chi connectivity index (χ1v) is 10.4. The van der Waals surface area contributed by atoms with Crippen molar-refractivity contribution < 1.29 is 9.18 Å². The lowest BCUT2D eigenvalue weighted by atomic mass is 9.87. The fourth-order valence-corrected chi connectivity index (χ4v) is 4.41. The molecule has 2 heterocycles. The molecular weight excluding hydrogens is 365 g/mol. The van der Waals surface area contributed by atoms with E-state index in [9.17, 15) is 9.18 Å². The first-order valence-electron chi connectivity index (χ1n) is 10.4. The molecule has 1 fully saturated rings. The number of carbonyl (C=O) groups excluding carboxylic acids is 1. The largest absolute Gasteiger partial charge is 0.350 e. The number of carbonyl (C=O) groups is 1. The van der Waals surface area contributed by atoms with Gasteiger partial charge >= 0.3 is 0 Å². The zero-order valence-corrected chi connectivity index (χ0v) is 17.1. The first-order chi connectivity index (χ1) is 14.1. The topological polar surface area (TPSA) is 28.5 Å². The third-order valence-electron chi connectivity index (χ3n) is 6.13. The zero-order chi connectivity index (χ0) is 20.4. The number of amides is 1. The predicted molar refractivity (Wildman–Crippen MR) is 114 cm³/mol. The van der Waals surface area contributed by atoms with Gasteiger partial charge in [0.1, 0.15) is 5.82 Å². The molecule has 29 heavy (non-hydrogen) atoms. The Morgan fingerprint density at radius 2 is 1.69 bits per heavy atom. The quantitative estimate of drug-likeness (QED) is 0.655. The van der Waals surface area contributed by atoms with Gasteiger partial charge in [0.05, 0.1) is 0 Å². The van der Waals surface area contributed by atoms with Crippen LogP contribution in [0.15, 0.2) is 54.7 Å². The van der Waals surface area contributed by atoms with Crippen LogP contribution in [0, 0.1) is 5.82 Å². The molecule has 1 saturated heterocycles. The number of halogens is 1. The van der Waals surface area contributed by atoms with Crippen LogP contribution in [0.2, 0.25) is 0 Å². The van der Waals surface area contributed by atoms with Gasteiger partial charge in [0.2, 0.25) is 5.91 Å². The number of likely N-dealkylation sites (N-methyl/N-ethyl adjacent to an activating group) is 1. The van der Waals surface area contributed by atoms with Gasteiger partial charge in [-0.1, -0.05) is 43.3 Å². The Morgan fingerprint density at radius 3 is 2.41 bits per heavy atom. The van der Waals surface area contributed by atoms with Gasteiger partial charge in [-0.2, -0.15) is 0 Å². The van der Waals surface area contributed by atoms with E-state index < -0.39 is 0 Å². The molecule has 4 nitrogen and oxygen atoms in total. The normalized spacial score (nSPS) is 16.3. The van der Waals surface area contributed by atoms with Crippen LogP contribution in [0.1, 0.15) is 30.4 Å². The van der Waals surface area contributed by atoms with Crippen LogP contribution in [0.25, 0.3) is 10.9 Å². The fraction of sp³-hybridized carbons (Fsp3) is 0.375. The lowest BCUT2D eigenvalue weighted by Crippen LogP contribution is -2.48. The summed E-state index contributed by atoms with van der Waals surface area (Å²) in [4.78, 5) is 17.5. The van der Waals surface area contributed by atoms with E-state index in [1.807, 2.05) is 42.4 Å². The second-order valence-electron chi connectivity index (χ2n) is 7.81. The first kappa shape index (κ1) is 19.6. The highest BCUT2D eigenvalue weighted by molar-refractivity contribution is 5.86. The number of aromatic nitrogens is 1. The maximum atomic E-state index is 14.8. The Kier molecular flexibility index (Phi) is 5.67. The van der Waals surface area contributed by atoms with Gasteiger partial charge in [0, 0.05) is 62.7 Å². The van der Waals surface area contributed by atoms with Gasteiger partial charge in [-0.15, -0.1) is 0 Å². The van der Waals surface area contributed by atoms with Crippen LogP contribution in [-0.4, -0.2) is 53.0 Å². The van der Waals surface area contributed by atoms with E-state index in [2.05, 4.69) is 28.5 Å². The summed E-state index contributed by atoms with van der Waals surface area (Å²) in [6.07, 6.45) is 2.32. The molecule has 0 saturated carbocycles. The van der Waals surface area contributed by atoms with Gasteiger partial charge in [-0.25, -0.2) is 4.39 Å². The van der Waals surface area contributed by atoms with Crippen molar-refractivity contribution in [3.63, 3.8) is 0 Å². The van der Waals surface area contributed by atoms with Gasteiger partial charge in [0.25, 0.3) is 0 Å². The summed E-state index contributed by atoms with van der Waals surface area (Å²) in [5.41, 5.74) is 2.69. The number of piperazine rings is 1. The van der Waals surface area contributed by atoms with E-state index in [0.29, 0.717) is 5.56 Å². The van der Waals surface area contributed by atoms with Crippen LogP contribution >= 0.6 is 0 Å². The fourth-order valence-electron chi connectivity index (χ4n) is 4.41. The van der Waals surface area contributed by atoms with E-state index in [0.717, 1.165) is 49.2 Å². The molecule has 2 aromatic carbocycles. The van der Waals surface area contributed by atoms with Crippen molar-refractivity contribution in [3.05, 3.63) is 71.7 Å². The smallest absolute Gasteiger partial charge is 0.223 e. The highest BCUT2D eigenvalue weighted by atomic mass is 19.1. The monoisotopic (exact) mass is 393 g/mol. The maximum Gasteiger partial charge on any atom is 0.223 e. The number of fused-ring (bicyclic) bond motifs is 1. The van der Waals surface area contributed by atoms with Crippen molar-refractivity contribution in [3.8, 4) is 0 Å². The summed E-state index contributed by atoms with van der Waals surface area (Å²) in [6.45, 7) is 6.45. The SMILES string of the molecule is CCN1CCN(C(=O)C[C@@H](c2ccccc2F)c2cn(C)c3ccccc23)CC1. The van der Waals surface area contributed by atoms with Gasteiger partial charge in [0.15, 0.2) is 0 Å². The van der Waals surface area contributed by atoms with Crippen LogP contribution in [-0.2, 0) is 11.8 Å². The minimum Gasteiger partial charge on any atom is -0.350 e. The molecule has 1 aliphatic rings. The number of hydrogen-bond acceptors (Lipinski definition) is 2. The Labute approximate surface area is 171 Å². The van der Waals surface area contributed by atoms with Crippen molar-refractivity contribution in [1.29, 1.82) is 0 Å². The molecule has 3 aromatic rings. The molecule has 1 aliphatic heterocycles. The van der Waals surface area contributed by atoms with E-state index in [-0.39, 0.29) is 24.1 Å². The average molecular weight is 394 g/mol. The summed E-state index contributed by atoms with van der Waals surface area (Å²) >= 11 is 0. The number of rotatable bonds is 5. The number of benzene rings is 2. The van der Waals surface area contributed by atoms with E-state index in [1.54, 1.807) is 6.07 Å². The number of nitrogens with zero attached hydrogens (tertiary/aromatic N) is 3. The van der Waals surface area contributed by atoms with Crippen LogP contribution in [0.4, 0.5) is 4.39 Å². The molecule has 0 N–H and O–H groups in total. The molecule has 0 unspecified atom stereocenters. The highest BCUT2D eigenvalue weighted by Crippen LogP contribution is 2.36. The molecule has 0 radical (unpaired) electrons. The lowest BCUT2D eigenvalue weighted by Gasteiger charge is -2.35. The average Bonchev–Trinajstić information content (AvgIpc) is 3.09. The zero-order valence-electron chi connectivity index (χ0n) is 17.1. The molecule has 1 aromatic heterocycles. The summed E-state index contributed by atoms with van der Waals surface area (Å²) < 4.78 is 16.8. The number of hydrogen-bond donors (Lipinski definition) is 0. The Morgan fingerprint density at radius 1 is 1.00 bits per heavy atom. The summed E-state index contributed by atoms with van der Waals surface area (Å²) in [5.74, 6) is -0.463. The summed E-state index contributed by atoms with van der Waals surface area (Å²) in [6, 6.07) is 15.0. The molecule has 0 bridgehead atoms. The van der Waals surface area contributed by atoms with Crippen molar-refractivity contribution in [1.82, 2.24) is 14.4 Å². The van der Waals surface area contributed by atoms with E-state index in [1.165, 1.54) is 6.07 Å². The Hall–Kier alpha value is -2.66. The minimum atomic E-state index is -0.306. The molecule has 1 atom stereocenters. The van der Waals surface area contributed by atoms with Crippen molar-refractivity contribution >= 4 is 16.8 Å². The molecular formula is C24H28FN3O. The molecule has 0 aliphatic carbocycles. The van der Waals surface area contributed by atoms with E-state index >= 15 is 0 Å². The van der Waals surface area contributed by atoms with Crippen LogP contribution in [0.3, 0.4) is 0 Å². The highest BCUT2D eigenvalue weighted by Gasteiger charge is 2.28. The van der Waals surface area contributed by atoms with Crippen molar-refractivity contribution in [2.75, 3.05) is 32.7 Å². The second-order valence-corrected chi connectivity index (χ2v) is 7.81. The van der Waals surface area contributed by atoms with Crippen LogP contribution in [0.5, 0.6) is 0 Å². The molecule has 5 heteroatoms. The standard InChI is InChI=1S/C24H28FN3O/c1-3-27-12-14-28(15-13-27)24(29)16-20(18-8-4-6-10-22(18)25)21-17-26(2)23-11-7-5-9-19(21)23/h4-11,17,20H,3,12-16H2,1-2H3/t20-/m0/s1. The lowest BCUT2D eigenvalue weighted by molar-refractivity contribution is -0.133. The second kappa shape index (κ2) is 8.37. The minimum absolute atomic E-state index is 0.0990. The Bertz CT molecular complexity index is 1000. The van der Waals surface area contributed by atoms with E-state index in [4.69, 9.17) is 0 Å². The number of para-hydroxylation sites is 1. The molecule has 1 amide bonds. The van der Waals surface area contributed by atoms with Crippen molar-refractivity contribution in [2.45, 2.75) is 19.3 Å². The third kappa shape index (κ3) is 3.92. The van der Waals surface area contributed by atoms with Gasteiger partial charge < -0.3 is 14.4 Å². The Balaban J connectivity index is 1.68.